The number of allylic oxidation sites excluding steroid dienone is 4. The molecule has 13 heavy (non-hydrogen) atoms. The third kappa shape index (κ3) is 2.46. The normalized spacial score (nSPS) is 28.3. The van der Waals surface area contributed by atoms with Gasteiger partial charge in [0.25, 0.3) is 0 Å². The van der Waals surface area contributed by atoms with Gasteiger partial charge in [-0.2, -0.15) is 0 Å². The zero-order valence-corrected chi connectivity index (χ0v) is 9.19. The summed E-state index contributed by atoms with van der Waals surface area (Å²) in [5, 5.41) is 0. The number of hydrogen-bond donors (Lipinski definition) is 0. The van der Waals surface area contributed by atoms with Crippen molar-refractivity contribution in [2.24, 2.45) is 5.41 Å². The highest BCUT2D eigenvalue weighted by Gasteiger charge is 2.23. The van der Waals surface area contributed by atoms with Crippen molar-refractivity contribution >= 4 is 0 Å². The largest absolute Gasteiger partial charge is 0.0748 e. The molecule has 0 saturated heterocycles. The predicted octanol–water partition coefficient (Wildman–Crippen LogP) is 4.29. The lowest BCUT2D eigenvalue weighted by molar-refractivity contribution is 0.449. The minimum Gasteiger partial charge on any atom is -0.0748 e. The number of rotatable bonds is 3. The Bertz CT molecular complexity index is 232. The van der Waals surface area contributed by atoms with Crippen molar-refractivity contribution < 1.29 is 0 Å². The summed E-state index contributed by atoms with van der Waals surface area (Å²) < 4.78 is 0. The predicted molar refractivity (Wildman–Crippen MR) is 59.4 cm³/mol. The first-order valence-corrected chi connectivity index (χ1v) is 5.40. The maximum atomic E-state index is 4.33. The molecule has 0 N–H and O–H groups in total. The molecule has 0 aromatic carbocycles. The average molecular weight is 177 g/mol. The topological polar surface area (TPSA) is 0 Å². The maximum absolute atomic E-state index is 4.33. The summed E-state index contributed by atoms with van der Waals surface area (Å²) in [5.74, 6) is 0. The molecule has 0 saturated carbocycles. The first-order valence-electron chi connectivity index (χ1n) is 5.40. The van der Waals surface area contributed by atoms with Gasteiger partial charge in [-0.1, -0.05) is 44.1 Å². The third-order valence-electron chi connectivity index (χ3n) is 3.03. The van der Waals surface area contributed by atoms with Crippen LogP contribution in [0.15, 0.2) is 23.3 Å². The average Bonchev–Trinajstić information content (AvgIpc) is 2.17. The second-order valence-corrected chi connectivity index (χ2v) is 4.12. The van der Waals surface area contributed by atoms with Crippen molar-refractivity contribution in [2.45, 2.75) is 46.5 Å². The van der Waals surface area contributed by atoms with Gasteiger partial charge in [0, 0.05) is 0 Å². The summed E-state index contributed by atoms with van der Waals surface area (Å²) in [7, 11) is 0. The summed E-state index contributed by atoms with van der Waals surface area (Å²) in [6.45, 7) is 11.0. The maximum Gasteiger partial charge on any atom is -0.00775 e. The van der Waals surface area contributed by atoms with Crippen LogP contribution in [-0.2, 0) is 0 Å². The molecular formula is C13H21. The van der Waals surface area contributed by atoms with Crippen molar-refractivity contribution in [3.05, 3.63) is 30.2 Å². The van der Waals surface area contributed by atoms with E-state index in [1.807, 2.05) is 0 Å². The van der Waals surface area contributed by atoms with Gasteiger partial charge in [-0.15, -0.1) is 0 Å². The van der Waals surface area contributed by atoms with Gasteiger partial charge in [0.1, 0.15) is 0 Å². The van der Waals surface area contributed by atoms with Crippen LogP contribution in [-0.4, -0.2) is 0 Å². The van der Waals surface area contributed by atoms with E-state index < -0.39 is 0 Å². The van der Waals surface area contributed by atoms with Crippen molar-refractivity contribution in [3.8, 4) is 0 Å². The van der Waals surface area contributed by atoms with E-state index in [1.54, 1.807) is 5.57 Å². The van der Waals surface area contributed by atoms with Crippen LogP contribution in [0.4, 0.5) is 0 Å². The lowest BCUT2D eigenvalue weighted by Gasteiger charge is -2.30. The Hall–Kier alpha value is -0.520. The highest BCUT2D eigenvalue weighted by atomic mass is 14.3. The SMILES string of the molecule is [CH2]C1(CC)C=C(CC)C=C(CC)C1. The smallest absolute Gasteiger partial charge is 0.00775 e. The van der Waals surface area contributed by atoms with Crippen LogP contribution in [0.2, 0.25) is 0 Å². The molecule has 1 atom stereocenters. The third-order valence-corrected chi connectivity index (χ3v) is 3.03. The van der Waals surface area contributed by atoms with Gasteiger partial charge >= 0.3 is 0 Å². The van der Waals surface area contributed by atoms with Crippen molar-refractivity contribution in [1.29, 1.82) is 0 Å². The van der Waals surface area contributed by atoms with Crippen LogP contribution in [0.5, 0.6) is 0 Å². The van der Waals surface area contributed by atoms with Gasteiger partial charge in [0.05, 0.1) is 0 Å². The van der Waals surface area contributed by atoms with Gasteiger partial charge in [0.15, 0.2) is 0 Å². The second kappa shape index (κ2) is 4.13. The summed E-state index contributed by atoms with van der Waals surface area (Å²) in [6, 6.07) is 0. The molecule has 0 fully saturated rings. The Morgan fingerprint density at radius 3 is 2.46 bits per heavy atom. The molecule has 1 rings (SSSR count). The van der Waals surface area contributed by atoms with E-state index in [4.69, 9.17) is 0 Å². The lowest BCUT2D eigenvalue weighted by Crippen LogP contribution is -2.17. The molecule has 0 heterocycles. The summed E-state index contributed by atoms with van der Waals surface area (Å²) in [4.78, 5) is 0. The molecule has 1 aliphatic carbocycles. The molecule has 0 heteroatoms. The summed E-state index contributed by atoms with van der Waals surface area (Å²) in [5.41, 5.74) is 3.22. The molecule has 73 valence electrons. The minimum absolute atomic E-state index is 0.186. The van der Waals surface area contributed by atoms with Crippen molar-refractivity contribution in [3.63, 3.8) is 0 Å². The Labute approximate surface area is 82.7 Å². The molecule has 0 nitrogen and oxygen atoms in total. The number of hydrogen-bond acceptors (Lipinski definition) is 0. The molecule has 0 aromatic rings. The summed E-state index contributed by atoms with van der Waals surface area (Å²) >= 11 is 0. The fourth-order valence-electron chi connectivity index (χ4n) is 1.91. The Morgan fingerprint density at radius 2 is 2.00 bits per heavy atom. The summed E-state index contributed by atoms with van der Waals surface area (Å²) in [6.07, 6.45) is 9.35. The Kier molecular flexibility index (Phi) is 3.35. The molecule has 1 radical (unpaired) electrons. The second-order valence-electron chi connectivity index (χ2n) is 4.12. The van der Waals surface area contributed by atoms with E-state index in [1.165, 1.54) is 12.0 Å². The van der Waals surface area contributed by atoms with Crippen LogP contribution in [0.25, 0.3) is 0 Å². The fraction of sp³-hybridized carbons (Fsp3) is 0.615. The van der Waals surface area contributed by atoms with Gasteiger partial charge in [-0.05, 0) is 38.0 Å². The zero-order valence-electron chi connectivity index (χ0n) is 9.19. The van der Waals surface area contributed by atoms with E-state index in [2.05, 4.69) is 39.8 Å². The molecule has 0 amide bonds. The van der Waals surface area contributed by atoms with Gasteiger partial charge < -0.3 is 0 Å². The Balaban J connectivity index is 2.88. The lowest BCUT2D eigenvalue weighted by atomic mass is 9.75. The van der Waals surface area contributed by atoms with Crippen LogP contribution in [0, 0.1) is 12.3 Å². The molecule has 0 aromatic heterocycles. The van der Waals surface area contributed by atoms with E-state index >= 15 is 0 Å². The van der Waals surface area contributed by atoms with E-state index in [-0.39, 0.29) is 5.41 Å². The highest BCUT2D eigenvalue weighted by Crippen LogP contribution is 2.37. The van der Waals surface area contributed by atoms with Crippen molar-refractivity contribution in [2.75, 3.05) is 0 Å². The molecule has 0 aliphatic heterocycles. The van der Waals surface area contributed by atoms with Crippen LogP contribution in [0.1, 0.15) is 46.5 Å². The first kappa shape index (κ1) is 10.6. The molecule has 0 spiro atoms. The van der Waals surface area contributed by atoms with Gasteiger partial charge in [-0.25, -0.2) is 0 Å². The van der Waals surface area contributed by atoms with Crippen LogP contribution >= 0.6 is 0 Å². The zero-order chi connectivity index (χ0) is 9.90. The standard InChI is InChI=1S/C13H21/c1-5-11-8-12(6-2)10-13(4,7-3)9-11/h8-9H,4-7,10H2,1-3H3. The fourth-order valence-corrected chi connectivity index (χ4v) is 1.91. The van der Waals surface area contributed by atoms with Crippen LogP contribution in [0.3, 0.4) is 0 Å². The van der Waals surface area contributed by atoms with Crippen molar-refractivity contribution in [1.82, 2.24) is 0 Å². The van der Waals surface area contributed by atoms with Gasteiger partial charge in [0.2, 0.25) is 0 Å². The van der Waals surface area contributed by atoms with E-state index in [0.29, 0.717) is 0 Å². The molecular weight excluding hydrogens is 156 g/mol. The van der Waals surface area contributed by atoms with Crippen LogP contribution < -0.4 is 0 Å². The highest BCUT2D eigenvalue weighted by molar-refractivity contribution is 5.32. The van der Waals surface area contributed by atoms with E-state index in [9.17, 15) is 0 Å². The molecule has 1 unspecified atom stereocenters. The molecule has 0 bridgehead atoms. The quantitative estimate of drug-likeness (QED) is 0.603. The Morgan fingerprint density at radius 1 is 1.31 bits per heavy atom. The first-order chi connectivity index (χ1) is 6.13. The molecule has 1 aliphatic rings. The van der Waals surface area contributed by atoms with E-state index in [0.717, 1.165) is 19.3 Å². The monoisotopic (exact) mass is 177 g/mol. The minimum atomic E-state index is 0.186. The van der Waals surface area contributed by atoms with Gasteiger partial charge in [-0.3, -0.25) is 0 Å².